The number of imidazole rings is 1. The maximum absolute atomic E-state index is 12.9. The standard InChI is InChI=1S/C19H26N4O/c1-14-6-3-10-22-13-15(20-19(14)22)12-18(24)23-11-5-8-17(23)16-7-4-9-21(16)2/h3,6,10,13,16-17H,4-5,7-9,11-12H2,1-2H3/t16-,17-/m1/s1. The molecular formula is C19H26N4O. The van der Waals surface area contributed by atoms with Crippen molar-refractivity contribution in [1.29, 1.82) is 0 Å². The van der Waals surface area contributed by atoms with E-state index in [1.807, 2.05) is 22.9 Å². The summed E-state index contributed by atoms with van der Waals surface area (Å²) in [6, 6.07) is 5.01. The van der Waals surface area contributed by atoms with Gasteiger partial charge in [0.15, 0.2) is 0 Å². The molecular weight excluding hydrogens is 300 g/mol. The van der Waals surface area contributed by atoms with Crippen molar-refractivity contribution < 1.29 is 4.79 Å². The molecule has 4 rings (SSSR count). The Morgan fingerprint density at radius 1 is 1.25 bits per heavy atom. The Bertz CT molecular complexity index is 753. The van der Waals surface area contributed by atoms with E-state index in [-0.39, 0.29) is 5.91 Å². The topological polar surface area (TPSA) is 40.9 Å². The summed E-state index contributed by atoms with van der Waals surface area (Å²) in [5.74, 6) is 0.235. The minimum atomic E-state index is 0.235. The molecule has 0 unspecified atom stereocenters. The molecule has 1 amide bonds. The van der Waals surface area contributed by atoms with Crippen LogP contribution in [0.3, 0.4) is 0 Å². The number of aromatic nitrogens is 2. The number of aryl methyl sites for hydroxylation is 1. The maximum atomic E-state index is 12.9. The molecule has 2 saturated heterocycles. The van der Waals surface area contributed by atoms with Crippen LogP contribution in [0.1, 0.15) is 36.9 Å². The van der Waals surface area contributed by atoms with Crippen LogP contribution in [0.4, 0.5) is 0 Å². The lowest BCUT2D eigenvalue weighted by Crippen LogP contribution is -2.47. The molecule has 2 aromatic rings. The molecule has 0 radical (unpaired) electrons. The molecule has 128 valence electrons. The molecule has 4 heterocycles. The third kappa shape index (κ3) is 2.71. The van der Waals surface area contributed by atoms with Crippen molar-refractivity contribution >= 4 is 11.6 Å². The van der Waals surface area contributed by atoms with E-state index in [1.165, 1.54) is 12.8 Å². The van der Waals surface area contributed by atoms with Crippen LogP contribution in [-0.2, 0) is 11.2 Å². The molecule has 2 aliphatic heterocycles. The summed E-state index contributed by atoms with van der Waals surface area (Å²) in [4.78, 5) is 22.1. The van der Waals surface area contributed by atoms with Crippen molar-refractivity contribution in [2.24, 2.45) is 0 Å². The predicted molar refractivity (Wildman–Crippen MR) is 94.0 cm³/mol. The molecule has 5 heteroatoms. The maximum Gasteiger partial charge on any atom is 0.228 e. The van der Waals surface area contributed by atoms with E-state index in [4.69, 9.17) is 0 Å². The van der Waals surface area contributed by atoms with E-state index >= 15 is 0 Å². The van der Waals surface area contributed by atoms with Crippen LogP contribution in [0.5, 0.6) is 0 Å². The second-order valence-corrected chi connectivity index (χ2v) is 7.32. The highest BCUT2D eigenvalue weighted by molar-refractivity contribution is 5.79. The van der Waals surface area contributed by atoms with Gasteiger partial charge >= 0.3 is 0 Å². The van der Waals surface area contributed by atoms with Gasteiger partial charge in [-0.2, -0.15) is 0 Å². The van der Waals surface area contributed by atoms with Crippen molar-refractivity contribution in [3.63, 3.8) is 0 Å². The highest BCUT2D eigenvalue weighted by Gasteiger charge is 2.38. The minimum absolute atomic E-state index is 0.235. The van der Waals surface area contributed by atoms with Gasteiger partial charge in [0.2, 0.25) is 5.91 Å². The normalized spacial score (nSPS) is 25.0. The van der Waals surface area contributed by atoms with Gasteiger partial charge in [-0.25, -0.2) is 4.98 Å². The van der Waals surface area contributed by atoms with Crippen LogP contribution in [0.25, 0.3) is 5.65 Å². The molecule has 0 bridgehead atoms. The second-order valence-electron chi connectivity index (χ2n) is 7.32. The van der Waals surface area contributed by atoms with E-state index in [2.05, 4.69) is 34.8 Å². The molecule has 0 N–H and O–H groups in total. The Kier molecular flexibility index (Phi) is 4.04. The zero-order valence-electron chi connectivity index (χ0n) is 14.6. The highest BCUT2D eigenvalue weighted by atomic mass is 16.2. The average molecular weight is 326 g/mol. The molecule has 2 aliphatic rings. The summed E-state index contributed by atoms with van der Waals surface area (Å²) < 4.78 is 2.02. The average Bonchev–Trinajstić information content (AvgIpc) is 3.25. The molecule has 5 nitrogen and oxygen atoms in total. The molecule has 2 fully saturated rings. The number of hydrogen-bond acceptors (Lipinski definition) is 3. The van der Waals surface area contributed by atoms with Crippen molar-refractivity contribution in [1.82, 2.24) is 19.2 Å². The second kappa shape index (κ2) is 6.20. The Balaban J connectivity index is 1.51. The SMILES string of the molecule is Cc1cccn2cc(CC(=O)N3CCC[C@@H]3[C@H]3CCCN3C)nc12. The number of amides is 1. The number of carbonyl (C=O) groups is 1. The third-order valence-electron chi connectivity index (χ3n) is 5.70. The zero-order valence-corrected chi connectivity index (χ0v) is 14.6. The largest absolute Gasteiger partial charge is 0.338 e. The lowest BCUT2D eigenvalue weighted by molar-refractivity contribution is -0.132. The van der Waals surface area contributed by atoms with E-state index < -0.39 is 0 Å². The van der Waals surface area contributed by atoms with Gasteiger partial charge in [-0.1, -0.05) is 6.07 Å². The first kappa shape index (κ1) is 15.6. The lowest BCUT2D eigenvalue weighted by atomic mass is 10.0. The number of likely N-dealkylation sites (N-methyl/N-ethyl adjacent to an activating group) is 1. The molecule has 0 aliphatic carbocycles. The summed E-state index contributed by atoms with van der Waals surface area (Å²) in [6.45, 7) is 4.12. The van der Waals surface area contributed by atoms with E-state index in [0.29, 0.717) is 18.5 Å². The first-order valence-corrected chi connectivity index (χ1v) is 9.06. The summed E-state index contributed by atoms with van der Waals surface area (Å²) >= 11 is 0. The molecule has 2 atom stereocenters. The van der Waals surface area contributed by atoms with Crippen LogP contribution in [0.2, 0.25) is 0 Å². The first-order valence-electron chi connectivity index (χ1n) is 9.06. The molecule has 2 aromatic heterocycles. The summed E-state index contributed by atoms with van der Waals surface area (Å²) in [5, 5.41) is 0. The fraction of sp³-hybridized carbons (Fsp3) is 0.579. The van der Waals surface area contributed by atoms with Gasteiger partial charge in [-0.15, -0.1) is 0 Å². The van der Waals surface area contributed by atoms with Crippen molar-refractivity contribution in [3.05, 3.63) is 35.8 Å². The van der Waals surface area contributed by atoms with Crippen LogP contribution >= 0.6 is 0 Å². The number of hydrogen-bond donors (Lipinski definition) is 0. The number of carbonyl (C=O) groups excluding carboxylic acids is 1. The quantitative estimate of drug-likeness (QED) is 0.869. The van der Waals surface area contributed by atoms with Crippen molar-refractivity contribution in [2.75, 3.05) is 20.1 Å². The first-order chi connectivity index (χ1) is 11.6. The summed E-state index contributed by atoms with van der Waals surface area (Å²) in [5.41, 5.74) is 2.97. The molecule has 24 heavy (non-hydrogen) atoms. The van der Waals surface area contributed by atoms with Gasteiger partial charge in [0, 0.05) is 31.0 Å². The van der Waals surface area contributed by atoms with E-state index in [0.717, 1.165) is 42.8 Å². The van der Waals surface area contributed by atoms with Crippen molar-refractivity contribution in [3.8, 4) is 0 Å². The monoisotopic (exact) mass is 326 g/mol. The van der Waals surface area contributed by atoms with Crippen molar-refractivity contribution in [2.45, 2.75) is 51.1 Å². The predicted octanol–water partition coefficient (Wildman–Crippen LogP) is 2.27. The van der Waals surface area contributed by atoms with Gasteiger partial charge in [0.1, 0.15) is 5.65 Å². The number of rotatable bonds is 3. The third-order valence-corrected chi connectivity index (χ3v) is 5.70. The number of likely N-dealkylation sites (tertiary alicyclic amines) is 2. The Morgan fingerprint density at radius 2 is 2.04 bits per heavy atom. The van der Waals surface area contributed by atoms with E-state index in [1.54, 1.807) is 0 Å². The smallest absolute Gasteiger partial charge is 0.228 e. The van der Waals surface area contributed by atoms with Gasteiger partial charge in [-0.3, -0.25) is 4.79 Å². The number of nitrogens with zero attached hydrogens (tertiary/aromatic N) is 4. The minimum Gasteiger partial charge on any atom is -0.338 e. The van der Waals surface area contributed by atoms with Crippen LogP contribution < -0.4 is 0 Å². The summed E-state index contributed by atoms with van der Waals surface area (Å²) in [6.07, 6.45) is 9.15. The van der Waals surface area contributed by atoms with Gasteiger partial charge in [0.05, 0.1) is 12.1 Å². The molecule has 0 aromatic carbocycles. The Labute approximate surface area is 143 Å². The Morgan fingerprint density at radius 3 is 2.79 bits per heavy atom. The fourth-order valence-electron chi connectivity index (χ4n) is 4.47. The Hall–Kier alpha value is -1.88. The fourth-order valence-corrected chi connectivity index (χ4v) is 4.47. The van der Waals surface area contributed by atoms with E-state index in [9.17, 15) is 4.79 Å². The number of pyridine rings is 1. The van der Waals surface area contributed by atoms with Gasteiger partial charge in [-0.05, 0) is 57.8 Å². The highest BCUT2D eigenvalue weighted by Crippen LogP contribution is 2.29. The van der Waals surface area contributed by atoms with Gasteiger partial charge in [0.25, 0.3) is 0 Å². The zero-order chi connectivity index (χ0) is 16.7. The van der Waals surface area contributed by atoms with Crippen LogP contribution in [0.15, 0.2) is 24.5 Å². The number of fused-ring (bicyclic) bond motifs is 1. The van der Waals surface area contributed by atoms with Crippen LogP contribution in [-0.4, -0.2) is 57.3 Å². The molecule has 0 spiro atoms. The lowest BCUT2D eigenvalue weighted by Gasteiger charge is -2.33. The molecule has 0 saturated carbocycles. The van der Waals surface area contributed by atoms with Crippen LogP contribution in [0, 0.1) is 6.92 Å². The van der Waals surface area contributed by atoms with Gasteiger partial charge < -0.3 is 14.2 Å². The summed E-state index contributed by atoms with van der Waals surface area (Å²) in [7, 11) is 2.20.